The molecule has 0 aromatic heterocycles. The Bertz CT molecular complexity index is 232. The summed E-state index contributed by atoms with van der Waals surface area (Å²) in [5.74, 6) is 7.21. The summed E-state index contributed by atoms with van der Waals surface area (Å²) in [6.07, 6.45) is 3.62. The quantitative estimate of drug-likeness (QED) is 0.640. The molecule has 0 bridgehead atoms. The molecule has 0 aromatic rings. The van der Waals surface area contributed by atoms with Gasteiger partial charge in [0, 0.05) is 0 Å². The molecule has 13 heavy (non-hydrogen) atoms. The van der Waals surface area contributed by atoms with Crippen molar-refractivity contribution in [1.82, 2.24) is 0 Å². The van der Waals surface area contributed by atoms with Gasteiger partial charge in [-0.25, -0.2) is 0 Å². The summed E-state index contributed by atoms with van der Waals surface area (Å²) in [6.45, 7) is 4.82. The van der Waals surface area contributed by atoms with Crippen LogP contribution >= 0.6 is 0 Å². The van der Waals surface area contributed by atoms with Crippen molar-refractivity contribution in [2.45, 2.75) is 33.1 Å². The van der Waals surface area contributed by atoms with E-state index in [-0.39, 0.29) is 0 Å². The maximum atomic E-state index is 5.58. The zero-order valence-corrected chi connectivity index (χ0v) is 9.57. The van der Waals surface area contributed by atoms with E-state index in [1.165, 1.54) is 12.8 Å². The maximum absolute atomic E-state index is 5.58. The molecule has 2 heteroatoms. The van der Waals surface area contributed by atoms with E-state index in [9.17, 15) is 0 Å². The minimum atomic E-state index is 0.456. The Labute approximate surface area is 88.8 Å². The molecule has 1 unspecified atom stereocenters. The van der Waals surface area contributed by atoms with Crippen LogP contribution in [-0.2, 0) is 20.6 Å². The molecule has 0 N–H and O–H groups in total. The summed E-state index contributed by atoms with van der Waals surface area (Å²) >= 11 is 3.00. The normalized spacial score (nSPS) is 17.4. The van der Waals surface area contributed by atoms with Gasteiger partial charge in [0.05, 0.1) is 0 Å². The topological polar surface area (TPSA) is 9.23 Å². The van der Waals surface area contributed by atoms with Crippen LogP contribution in [0.1, 0.15) is 33.1 Å². The van der Waals surface area contributed by atoms with Crippen molar-refractivity contribution in [3.8, 4) is 11.8 Å². The molecule has 0 spiro atoms. The van der Waals surface area contributed by atoms with E-state index in [4.69, 9.17) is 4.74 Å². The summed E-state index contributed by atoms with van der Waals surface area (Å²) in [4.78, 5) is 0. The molecule has 0 aliphatic heterocycles. The third kappa shape index (κ3) is 4.63. The van der Waals surface area contributed by atoms with Gasteiger partial charge in [0.2, 0.25) is 0 Å². The molecule has 0 amide bonds. The van der Waals surface area contributed by atoms with Gasteiger partial charge in [-0.1, -0.05) is 0 Å². The van der Waals surface area contributed by atoms with E-state index in [2.05, 4.69) is 34.6 Å². The fourth-order valence-corrected chi connectivity index (χ4v) is 1.59. The first kappa shape index (κ1) is 11.0. The van der Waals surface area contributed by atoms with Gasteiger partial charge in [0.1, 0.15) is 0 Å². The van der Waals surface area contributed by atoms with E-state index >= 15 is 0 Å². The van der Waals surface area contributed by atoms with Crippen LogP contribution in [0, 0.1) is 23.7 Å². The Hall–Kier alpha value is -0.0775. The van der Waals surface area contributed by atoms with E-state index in [0.717, 1.165) is 17.6 Å². The molecule has 1 rings (SSSR count). The predicted octanol–water partition coefficient (Wildman–Crippen LogP) is 2.14. The Kier molecular flexibility index (Phi) is 4.75. The van der Waals surface area contributed by atoms with Crippen molar-refractivity contribution in [2.75, 3.05) is 6.61 Å². The second kappa shape index (κ2) is 5.61. The third-order valence-electron chi connectivity index (χ3n) is 2.10. The molecule has 0 saturated heterocycles. The summed E-state index contributed by atoms with van der Waals surface area (Å²) in [7, 11) is 0. The van der Waals surface area contributed by atoms with Crippen LogP contribution in [0.15, 0.2) is 0 Å². The first-order valence-corrected chi connectivity index (χ1v) is 5.46. The Morgan fingerprint density at radius 2 is 2.31 bits per heavy atom. The van der Waals surface area contributed by atoms with Crippen molar-refractivity contribution in [3.63, 3.8) is 0 Å². The Balaban J connectivity index is 2.04. The van der Waals surface area contributed by atoms with Gasteiger partial charge in [0.25, 0.3) is 0 Å². The van der Waals surface area contributed by atoms with Gasteiger partial charge in [-0.05, 0) is 0 Å². The third-order valence-corrected chi connectivity index (χ3v) is 2.80. The molecule has 1 atom stereocenters. The first-order chi connectivity index (χ1) is 6.24. The van der Waals surface area contributed by atoms with Gasteiger partial charge in [-0.3, -0.25) is 0 Å². The molecule has 0 aromatic carbocycles. The molecular formula is C11H16CrO. The fraction of sp³-hybridized carbons (Fsp3) is 0.727. The van der Waals surface area contributed by atoms with Gasteiger partial charge in [-0.2, -0.15) is 0 Å². The molecule has 1 nitrogen and oxygen atoms in total. The molecule has 1 fully saturated rings. The van der Waals surface area contributed by atoms with E-state index < -0.39 is 0 Å². The van der Waals surface area contributed by atoms with Gasteiger partial charge >= 0.3 is 88.5 Å². The van der Waals surface area contributed by atoms with Crippen molar-refractivity contribution < 1.29 is 20.6 Å². The van der Waals surface area contributed by atoms with Gasteiger partial charge in [0.15, 0.2) is 0 Å². The van der Waals surface area contributed by atoms with Crippen molar-refractivity contribution >= 4 is 4.57 Å². The summed E-state index contributed by atoms with van der Waals surface area (Å²) in [5.41, 5.74) is 0. The van der Waals surface area contributed by atoms with E-state index in [0.29, 0.717) is 11.8 Å². The Morgan fingerprint density at radius 3 is 2.85 bits per heavy atom. The summed E-state index contributed by atoms with van der Waals surface area (Å²) in [5, 5.41) is 0. The Morgan fingerprint density at radius 1 is 1.62 bits per heavy atom. The second-order valence-corrected chi connectivity index (χ2v) is 4.15. The number of ether oxygens (including phenoxy) is 1. The van der Waals surface area contributed by atoms with Crippen LogP contribution in [0.4, 0.5) is 0 Å². The summed E-state index contributed by atoms with van der Waals surface area (Å²) in [6, 6.07) is 0. The standard InChI is InChI=1S/C11H16O.Cr/c1-3-4-10(2)7-8-12-9-11-5-6-11;/h10-11H,5-8H2,1-2H3;. The number of hydrogen-bond donors (Lipinski definition) is 0. The molecule has 1 aliphatic rings. The molecule has 0 heterocycles. The molecule has 1 aliphatic carbocycles. The van der Waals surface area contributed by atoms with Crippen LogP contribution in [0.2, 0.25) is 0 Å². The van der Waals surface area contributed by atoms with Gasteiger partial charge in [-0.15, -0.1) is 0 Å². The molecule has 72 valence electrons. The van der Waals surface area contributed by atoms with Crippen molar-refractivity contribution in [2.24, 2.45) is 11.8 Å². The zero-order chi connectivity index (χ0) is 9.68. The second-order valence-electron chi connectivity index (χ2n) is 3.53. The van der Waals surface area contributed by atoms with E-state index in [1.807, 2.05) is 6.92 Å². The van der Waals surface area contributed by atoms with Crippen LogP contribution in [-0.4, -0.2) is 11.2 Å². The molecular weight excluding hydrogens is 200 g/mol. The first-order valence-electron chi connectivity index (χ1n) is 4.83. The van der Waals surface area contributed by atoms with Crippen LogP contribution in [0.25, 0.3) is 0 Å². The fourth-order valence-electron chi connectivity index (χ4n) is 1.09. The zero-order valence-electron chi connectivity index (χ0n) is 8.30. The number of rotatable bonds is 5. The average molecular weight is 216 g/mol. The van der Waals surface area contributed by atoms with Crippen molar-refractivity contribution in [1.29, 1.82) is 0 Å². The molecule has 1 saturated carbocycles. The minimum absolute atomic E-state index is 0.456. The predicted molar refractivity (Wildman–Crippen MR) is 50.9 cm³/mol. The monoisotopic (exact) mass is 216 g/mol. The molecule has 0 radical (unpaired) electrons. The van der Waals surface area contributed by atoms with Crippen LogP contribution in [0.3, 0.4) is 0 Å². The average Bonchev–Trinajstić information content (AvgIpc) is 2.86. The van der Waals surface area contributed by atoms with Crippen LogP contribution < -0.4 is 0 Å². The SMILES string of the molecule is CC#CC(C)CCO[C](=[Cr])C1CC1. The number of hydrogen-bond acceptors (Lipinski definition) is 1. The summed E-state index contributed by atoms with van der Waals surface area (Å²) < 4.78 is 6.68. The van der Waals surface area contributed by atoms with Crippen LogP contribution in [0.5, 0.6) is 0 Å². The van der Waals surface area contributed by atoms with Gasteiger partial charge < -0.3 is 0 Å². The van der Waals surface area contributed by atoms with Crippen molar-refractivity contribution in [3.05, 3.63) is 0 Å². The van der Waals surface area contributed by atoms with E-state index in [1.54, 1.807) is 0 Å².